The van der Waals surface area contributed by atoms with Crippen LogP contribution in [0.15, 0.2) is 48.9 Å². The molecule has 0 fully saturated rings. The number of benzene rings is 1. The number of pyridine rings is 1. The first-order valence-electron chi connectivity index (χ1n) is 8.80. The predicted molar refractivity (Wildman–Crippen MR) is 109 cm³/mol. The van der Waals surface area contributed by atoms with E-state index in [4.69, 9.17) is 22.1 Å². The number of amides is 1. The first kappa shape index (κ1) is 19.9. The van der Waals surface area contributed by atoms with Crippen molar-refractivity contribution >= 4 is 23.3 Å². The molecule has 28 heavy (non-hydrogen) atoms. The number of carbonyl (C=O) groups excluding carboxylic acids is 1. The molecule has 0 unspecified atom stereocenters. The molecule has 1 amide bonds. The largest absolute Gasteiger partial charge is 0.383 e. The molecule has 8 heteroatoms. The van der Waals surface area contributed by atoms with Gasteiger partial charge in [0, 0.05) is 41.6 Å². The van der Waals surface area contributed by atoms with Crippen LogP contribution in [-0.2, 0) is 18.4 Å². The van der Waals surface area contributed by atoms with Crippen molar-refractivity contribution in [3.05, 3.63) is 65.1 Å². The minimum Gasteiger partial charge on any atom is -0.383 e. The van der Waals surface area contributed by atoms with E-state index in [9.17, 15) is 4.79 Å². The van der Waals surface area contributed by atoms with E-state index in [1.54, 1.807) is 23.1 Å². The second kappa shape index (κ2) is 8.86. The number of nitrogens with two attached hydrogens (primary N) is 1. The lowest BCUT2D eigenvalue weighted by Crippen LogP contribution is -2.36. The van der Waals surface area contributed by atoms with E-state index < -0.39 is 0 Å². The van der Waals surface area contributed by atoms with Gasteiger partial charge in [0.1, 0.15) is 5.82 Å². The van der Waals surface area contributed by atoms with Gasteiger partial charge in [0.15, 0.2) is 0 Å². The van der Waals surface area contributed by atoms with Crippen LogP contribution in [0.1, 0.15) is 22.8 Å². The molecule has 0 aliphatic carbocycles. The fraction of sp³-hybridized carbons (Fsp3) is 0.250. The third-order valence-corrected chi connectivity index (χ3v) is 4.38. The van der Waals surface area contributed by atoms with Crippen molar-refractivity contribution in [2.24, 2.45) is 7.05 Å². The maximum absolute atomic E-state index is 12.6. The van der Waals surface area contributed by atoms with Crippen molar-refractivity contribution in [1.82, 2.24) is 20.1 Å². The molecular weight excluding hydrogens is 378 g/mol. The summed E-state index contributed by atoms with van der Waals surface area (Å²) < 4.78 is 7.35. The van der Waals surface area contributed by atoms with Crippen LogP contribution in [0.5, 0.6) is 0 Å². The first-order chi connectivity index (χ1) is 13.4. The lowest BCUT2D eigenvalue weighted by atomic mass is 10.1. The second-order valence-corrected chi connectivity index (χ2v) is 7.01. The number of aromatic nitrogens is 3. The van der Waals surface area contributed by atoms with E-state index in [0.717, 1.165) is 16.7 Å². The van der Waals surface area contributed by atoms with Crippen LogP contribution in [0, 0.1) is 0 Å². The summed E-state index contributed by atoms with van der Waals surface area (Å²) in [7, 11) is 1.83. The van der Waals surface area contributed by atoms with E-state index in [-0.39, 0.29) is 17.8 Å². The molecule has 0 aliphatic rings. The highest BCUT2D eigenvalue weighted by Gasteiger charge is 2.15. The Labute approximate surface area is 168 Å². The number of rotatable bonds is 7. The molecule has 0 spiro atoms. The topological polar surface area (TPSA) is 95.1 Å². The summed E-state index contributed by atoms with van der Waals surface area (Å²) >= 11 is 5.87. The molecule has 2 heterocycles. The van der Waals surface area contributed by atoms with Crippen molar-refractivity contribution in [2.45, 2.75) is 19.6 Å². The SMILES string of the molecule is C[C@H](COCc1ccc(Cl)cc1)NC(=O)c1cc(-c2cnn(C)c2)cnc1N. The summed E-state index contributed by atoms with van der Waals surface area (Å²) in [5.41, 5.74) is 8.88. The minimum atomic E-state index is -0.293. The molecule has 7 nitrogen and oxygen atoms in total. The highest BCUT2D eigenvalue weighted by molar-refractivity contribution is 6.30. The maximum atomic E-state index is 12.6. The zero-order valence-electron chi connectivity index (χ0n) is 15.7. The number of halogens is 1. The molecule has 0 saturated carbocycles. The summed E-state index contributed by atoms with van der Waals surface area (Å²) in [5, 5.41) is 7.71. The van der Waals surface area contributed by atoms with Gasteiger partial charge in [-0.05, 0) is 30.7 Å². The molecule has 3 aromatic rings. The van der Waals surface area contributed by atoms with E-state index in [1.807, 2.05) is 44.4 Å². The van der Waals surface area contributed by atoms with Gasteiger partial charge in [-0.2, -0.15) is 5.10 Å². The average molecular weight is 400 g/mol. The van der Waals surface area contributed by atoms with E-state index in [1.165, 1.54) is 0 Å². The van der Waals surface area contributed by atoms with Crippen LogP contribution in [0.3, 0.4) is 0 Å². The van der Waals surface area contributed by atoms with Gasteiger partial charge in [-0.1, -0.05) is 23.7 Å². The fourth-order valence-electron chi connectivity index (χ4n) is 2.66. The first-order valence-corrected chi connectivity index (χ1v) is 9.18. The number of carbonyl (C=O) groups is 1. The Morgan fingerprint density at radius 3 is 2.71 bits per heavy atom. The van der Waals surface area contributed by atoms with Gasteiger partial charge in [0.05, 0.1) is 25.0 Å². The minimum absolute atomic E-state index is 0.180. The molecule has 0 bridgehead atoms. The second-order valence-electron chi connectivity index (χ2n) is 6.58. The predicted octanol–water partition coefficient (Wildman–Crippen LogP) is 3.05. The van der Waals surface area contributed by atoms with Gasteiger partial charge in [-0.15, -0.1) is 0 Å². The molecule has 0 saturated heterocycles. The highest BCUT2D eigenvalue weighted by Crippen LogP contribution is 2.21. The lowest BCUT2D eigenvalue weighted by Gasteiger charge is -2.15. The van der Waals surface area contributed by atoms with E-state index >= 15 is 0 Å². The third kappa shape index (κ3) is 5.09. The van der Waals surface area contributed by atoms with Gasteiger partial charge >= 0.3 is 0 Å². The Bertz CT molecular complexity index is 955. The number of hydrogen-bond acceptors (Lipinski definition) is 5. The number of anilines is 1. The molecule has 3 rings (SSSR count). The maximum Gasteiger partial charge on any atom is 0.255 e. The van der Waals surface area contributed by atoms with Gasteiger partial charge in [-0.25, -0.2) is 4.98 Å². The van der Waals surface area contributed by atoms with Crippen LogP contribution in [0.2, 0.25) is 5.02 Å². The molecule has 1 atom stereocenters. The highest BCUT2D eigenvalue weighted by atomic mass is 35.5. The number of ether oxygens (including phenoxy) is 1. The summed E-state index contributed by atoms with van der Waals surface area (Å²) in [6.45, 7) is 2.68. The molecule has 3 N–H and O–H groups in total. The lowest BCUT2D eigenvalue weighted by molar-refractivity contribution is 0.0821. The fourth-order valence-corrected chi connectivity index (χ4v) is 2.79. The number of nitrogen functional groups attached to an aromatic ring is 1. The van der Waals surface area contributed by atoms with E-state index in [2.05, 4.69) is 15.4 Å². The summed E-state index contributed by atoms with van der Waals surface area (Å²) in [5.74, 6) is -0.113. The quantitative estimate of drug-likeness (QED) is 0.636. The van der Waals surface area contributed by atoms with Gasteiger partial charge in [0.25, 0.3) is 5.91 Å². The number of nitrogens with zero attached hydrogens (tertiary/aromatic N) is 3. The van der Waals surface area contributed by atoms with E-state index in [0.29, 0.717) is 23.8 Å². The Hall–Kier alpha value is -2.90. The number of nitrogens with one attached hydrogen (secondary N) is 1. The van der Waals surface area contributed by atoms with Gasteiger partial charge < -0.3 is 15.8 Å². The van der Waals surface area contributed by atoms with Gasteiger partial charge in [0.2, 0.25) is 0 Å². The molecule has 2 aromatic heterocycles. The molecule has 0 radical (unpaired) electrons. The van der Waals surface area contributed by atoms with Crippen LogP contribution in [-0.4, -0.2) is 33.3 Å². The van der Waals surface area contributed by atoms with Crippen molar-refractivity contribution in [1.29, 1.82) is 0 Å². The molecule has 0 aliphatic heterocycles. The molecule has 146 valence electrons. The smallest absolute Gasteiger partial charge is 0.255 e. The Kier molecular flexibility index (Phi) is 6.28. The standard InChI is InChI=1S/C20H22ClN5O2/c1-13(11-28-12-14-3-5-17(21)6-4-14)25-20(27)18-7-15(8-23-19(18)22)16-9-24-26(2)10-16/h3-10,13H,11-12H2,1-2H3,(H2,22,23)(H,25,27)/t13-/m1/s1. The third-order valence-electron chi connectivity index (χ3n) is 4.13. The van der Waals surface area contributed by atoms with Crippen molar-refractivity contribution in [3.63, 3.8) is 0 Å². The van der Waals surface area contributed by atoms with Crippen molar-refractivity contribution in [2.75, 3.05) is 12.3 Å². The summed E-state index contributed by atoms with van der Waals surface area (Å²) in [6.07, 6.45) is 5.19. The summed E-state index contributed by atoms with van der Waals surface area (Å²) in [4.78, 5) is 16.8. The van der Waals surface area contributed by atoms with Crippen LogP contribution in [0.4, 0.5) is 5.82 Å². The summed E-state index contributed by atoms with van der Waals surface area (Å²) in [6, 6.07) is 8.97. The molecular formula is C20H22ClN5O2. The number of aryl methyl sites for hydroxylation is 1. The van der Waals surface area contributed by atoms with Crippen molar-refractivity contribution in [3.8, 4) is 11.1 Å². The normalized spacial score (nSPS) is 12.0. The Balaban J connectivity index is 1.58. The van der Waals surface area contributed by atoms with Crippen LogP contribution >= 0.6 is 11.6 Å². The van der Waals surface area contributed by atoms with Crippen LogP contribution in [0.25, 0.3) is 11.1 Å². The number of hydrogen-bond donors (Lipinski definition) is 2. The van der Waals surface area contributed by atoms with Crippen LogP contribution < -0.4 is 11.1 Å². The van der Waals surface area contributed by atoms with Crippen molar-refractivity contribution < 1.29 is 9.53 Å². The Morgan fingerprint density at radius 1 is 1.29 bits per heavy atom. The van der Waals surface area contributed by atoms with Gasteiger partial charge in [-0.3, -0.25) is 9.48 Å². The Morgan fingerprint density at radius 2 is 2.04 bits per heavy atom. The zero-order valence-corrected chi connectivity index (χ0v) is 16.5. The monoisotopic (exact) mass is 399 g/mol. The zero-order chi connectivity index (χ0) is 20.1. The molecule has 1 aromatic carbocycles. The average Bonchev–Trinajstić information content (AvgIpc) is 3.10.